The summed E-state index contributed by atoms with van der Waals surface area (Å²) in [6, 6.07) is 0. The van der Waals surface area contributed by atoms with E-state index in [-0.39, 0.29) is 125 Å². The summed E-state index contributed by atoms with van der Waals surface area (Å²) in [6.07, 6.45) is 17.8. The van der Waals surface area contributed by atoms with E-state index in [1.54, 1.807) is 7.11 Å². The smallest absolute Gasteiger partial charge is 0.748 e. The summed E-state index contributed by atoms with van der Waals surface area (Å²) in [5, 5.41) is 0. The van der Waals surface area contributed by atoms with E-state index in [1.165, 1.54) is 77.0 Å². The van der Waals surface area contributed by atoms with E-state index < -0.39 is 50.1 Å². The average Bonchev–Trinajstić information content (AvgIpc) is 3.07. The van der Waals surface area contributed by atoms with Crippen molar-refractivity contribution < 1.29 is 118 Å². The van der Waals surface area contributed by atoms with Crippen molar-refractivity contribution in [3.8, 4) is 0 Å². The Kier molecular flexibility index (Phi) is 46.3. The Morgan fingerprint density at radius 3 is 1.13 bits per heavy atom. The van der Waals surface area contributed by atoms with Crippen LogP contribution in [0.15, 0.2) is 0 Å². The molecular weight excluding hydrogens is 750 g/mol. The first-order valence-corrected chi connectivity index (χ1v) is 22.6. The zero-order valence-electron chi connectivity index (χ0n) is 34.1. The molecule has 3 atom stereocenters. The number of hydrogen-bond acceptors (Lipinski definition) is 13. The first-order chi connectivity index (χ1) is 24.5. The summed E-state index contributed by atoms with van der Waals surface area (Å²) < 4.78 is 107. The molecule has 0 aromatic carbocycles. The Morgan fingerprint density at radius 2 is 0.755 bits per heavy atom. The molecular formula is C36H72Na2O13S2. The minimum absolute atomic E-state index is 0. The SMILES string of the molecule is CCCCCCCCCCOCC(COCC(COC)OCC(COCCCCCCCCCC)OCCCS(=O)(=O)[O-])OCCCS(=O)(=O)[O-].[Na+].[Na+]. The normalized spacial score (nSPS) is 13.7. The van der Waals surface area contributed by atoms with Crippen LogP contribution in [-0.4, -0.2) is 129 Å². The van der Waals surface area contributed by atoms with Crippen molar-refractivity contribution in [2.24, 2.45) is 0 Å². The molecule has 0 N–H and O–H groups in total. The van der Waals surface area contributed by atoms with E-state index in [2.05, 4.69) is 13.8 Å². The van der Waals surface area contributed by atoms with Gasteiger partial charge in [0.15, 0.2) is 0 Å². The van der Waals surface area contributed by atoms with Gasteiger partial charge >= 0.3 is 59.1 Å². The second-order valence-corrected chi connectivity index (χ2v) is 16.3. The maximum absolute atomic E-state index is 11.0. The molecule has 0 aliphatic carbocycles. The van der Waals surface area contributed by atoms with Gasteiger partial charge in [0.05, 0.1) is 59.9 Å². The zero-order valence-corrected chi connectivity index (χ0v) is 39.7. The summed E-state index contributed by atoms with van der Waals surface area (Å²) in [5.41, 5.74) is 0. The second-order valence-electron chi connectivity index (χ2n) is 13.3. The largest absolute Gasteiger partial charge is 1.00 e. The molecule has 0 radical (unpaired) electrons. The summed E-state index contributed by atoms with van der Waals surface area (Å²) >= 11 is 0. The molecule has 0 aliphatic rings. The molecule has 0 heterocycles. The Morgan fingerprint density at radius 1 is 0.415 bits per heavy atom. The van der Waals surface area contributed by atoms with Crippen LogP contribution in [-0.2, 0) is 53.4 Å². The molecule has 3 unspecified atom stereocenters. The van der Waals surface area contributed by atoms with Crippen molar-refractivity contribution in [3.63, 3.8) is 0 Å². The van der Waals surface area contributed by atoms with E-state index in [0.717, 1.165) is 25.7 Å². The van der Waals surface area contributed by atoms with Crippen molar-refractivity contribution in [1.29, 1.82) is 0 Å². The zero-order chi connectivity index (χ0) is 37.9. The van der Waals surface area contributed by atoms with Gasteiger partial charge in [-0.2, -0.15) is 0 Å². The molecule has 0 rings (SSSR count). The van der Waals surface area contributed by atoms with Gasteiger partial charge in [-0.3, -0.25) is 0 Å². The maximum atomic E-state index is 11.0. The molecule has 0 fully saturated rings. The quantitative estimate of drug-likeness (QED) is 0.0458. The molecule has 0 aromatic heterocycles. The Balaban J connectivity index is -0.0000125. The molecule has 0 bridgehead atoms. The molecule has 308 valence electrons. The van der Waals surface area contributed by atoms with Gasteiger partial charge in [-0.05, 0) is 25.7 Å². The standard InChI is InChI=1S/C36H74O13S2.2Na/c1-4-6-8-10-12-14-16-18-22-44-29-35(47-24-20-26-50(37,38)39)32-46-31-34(28-43-3)49-33-36(48-25-21-27-51(40,41)42)30-45-23-19-17-15-13-11-9-7-5-2;;/h34-36H,4-33H2,1-3H3,(H,37,38,39)(H,40,41,42);;/q;2*+1/p-2. The van der Waals surface area contributed by atoms with Gasteiger partial charge in [-0.1, -0.05) is 104 Å². The van der Waals surface area contributed by atoms with Gasteiger partial charge in [0.25, 0.3) is 0 Å². The number of rotatable bonds is 41. The third-order valence-corrected chi connectivity index (χ3v) is 9.73. The van der Waals surface area contributed by atoms with Crippen molar-refractivity contribution in [2.75, 3.05) is 84.7 Å². The molecule has 17 heteroatoms. The fourth-order valence-corrected chi connectivity index (χ4v) is 6.21. The summed E-state index contributed by atoms with van der Waals surface area (Å²) in [7, 11) is -7.09. The predicted molar refractivity (Wildman–Crippen MR) is 197 cm³/mol. The molecule has 0 saturated heterocycles. The first kappa shape index (κ1) is 58.9. The first-order valence-electron chi connectivity index (χ1n) is 19.4. The molecule has 53 heavy (non-hydrogen) atoms. The van der Waals surface area contributed by atoms with Gasteiger partial charge in [-0.25, -0.2) is 16.8 Å². The molecule has 0 saturated carbocycles. The van der Waals surface area contributed by atoms with Gasteiger partial charge < -0.3 is 42.3 Å². The fourth-order valence-electron chi connectivity index (χ4n) is 5.27. The van der Waals surface area contributed by atoms with Crippen LogP contribution in [0.3, 0.4) is 0 Å². The van der Waals surface area contributed by atoms with E-state index in [0.29, 0.717) is 13.2 Å². The summed E-state index contributed by atoms with van der Waals surface area (Å²) in [6.45, 7) is 6.98. The molecule has 0 spiro atoms. The van der Waals surface area contributed by atoms with Crippen LogP contribution < -0.4 is 59.1 Å². The van der Waals surface area contributed by atoms with Gasteiger partial charge in [-0.15, -0.1) is 0 Å². The minimum atomic E-state index is -4.33. The van der Waals surface area contributed by atoms with Crippen molar-refractivity contribution in [3.05, 3.63) is 0 Å². The third kappa shape index (κ3) is 46.1. The van der Waals surface area contributed by atoms with E-state index in [9.17, 15) is 25.9 Å². The van der Waals surface area contributed by atoms with Crippen LogP contribution in [0.2, 0.25) is 0 Å². The second kappa shape index (κ2) is 41.7. The van der Waals surface area contributed by atoms with Gasteiger partial charge in [0, 0.05) is 45.0 Å². The van der Waals surface area contributed by atoms with E-state index in [4.69, 9.17) is 33.2 Å². The number of methoxy groups -OCH3 is 1. The maximum Gasteiger partial charge on any atom is 1.00 e. The predicted octanol–water partition coefficient (Wildman–Crippen LogP) is -0.00180. The third-order valence-electron chi connectivity index (χ3n) is 8.15. The van der Waals surface area contributed by atoms with E-state index in [1.807, 2.05) is 0 Å². The van der Waals surface area contributed by atoms with Crippen LogP contribution >= 0.6 is 0 Å². The van der Waals surface area contributed by atoms with Crippen molar-refractivity contribution in [1.82, 2.24) is 0 Å². The van der Waals surface area contributed by atoms with Crippen LogP contribution in [0.4, 0.5) is 0 Å². The van der Waals surface area contributed by atoms with E-state index >= 15 is 0 Å². The number of hydrogen-bond donors (Lipinski definition) is 0. The minimum Gasteiger partial charge on any atom is -0.748 e. The monoisotopic (exact) mass is 822 g/mol. The molecule has 0 amide bonds. The summed E-state index contributed by atoms with van der Waals surface area (Å²) in [5.74, 6) is -0.999. The van der Waals surface area contributed by atoms with Crippen molar-refractivity contribution in [2.45, 2.75) is 148 Å². The topological polar surface area (TPSA) is 179 Å². The van der Waals surface area contributed by atoms with Crippen LogP contribution in [0.25, 0.3) is 0 Å². The Hall–Kier alpha value is 1.54. The van der Waals surface area contributed by atoms with Crippen molar-refractivity contribution >= 4 is 20.2 Å². The number of ether oxygens (including phenoxy) is 7. The van der Waals surface area contributed by atoms with Gasteiger partial charge in [0.1, 0.15) is 18.3 Å². The summed E-state index contributed by atoms with van der Waals surface area (Å²) in [4.78, 5) is 0. The van der Waals surface area contributed by atoms with Crippen LogP contribution in [0, 0.1) is 0 Å². The average molecular weight is 823 g/mol. The molecule has 0 aromatic rings. The molecule has 0 aliphatic heterocycles. The molecule has 13 nitrogen and oxygen atoms in total. The number of unbranched alkanes of at least 4 members (excludes halogenated alkanes) is 14. The van der Waals surface area contributed by atoms with Crippen LogP contribution in [0.1, 0.15) is 129 Å². The fraction of sp³-hybridized carbons (Fsp3) is 1.00. The Labute approximate surface area is 367 Å². The van der Waals surface area contributed by atoms with Gasteiger partial charge in [0.2, 0.25) is 0 Å². The Bertz CT molecular complexity index is 963. The van der Waals surface area contributed by atoms with Crippen LogP contribution in [0.5, 0.6) is 0 Å².